The number of piperidine rings is 1. The van der Waals surface area contributed by atoms with Gasteiger partial charge in [0.2, 0.25) is 5.91 Å². The standard InChI is InChI=1S/C20H30N4OS.ClH/c1-14(2)24-18-9-5-4-8-17(18)22-19(24)15-7-6-11-23(13-15)20(25)16(21)10-12-26-3;/h4-5,8-9,14-16H,6-7,10-13,21H2,1-3H3;1H/t15?,16-;/m0./s1. The van der Waals surface area contributed by atoms with Crippen LogP contribution in [-0.4, -0.2) is 51.5 Å². The predicted octanol–water partition coefficient (Wildman–Crippen LogP) is 3.83. The number of amides is 1. The van der Waals surface area contributed by atoms with Crippen LogP contribution in [0.5, 0.6) is 0 Å². The molecule has 1 aliphatic heterocycles. The van der Waals surface area contributed by atoms with Crippen LogP contribution in [0.3, 0.4) is 0 Å². The fraction of sp³-hybridized carbons (Fsp3) is 0.600. The zero-order valence-electron chi connectivity index (χ0n) is 16.4. The van der Waals surface area contributed by atoms with E-state index in [1.807, 2.05) is 17.2 Å². The summed E-state index contributed by atoms with van der Waals surface area (Å²) >= 11 is 1.73. The maximum Gasteiger partial charge on any atom is 0.239 e. The highest BCUT2D eigenvalue weighted by molar-refractivity contribution is 7.98. The van der Waals surface area contributed by atoms with Crippen molar-refractivity contribution in [3.05, 3.63) is 30.1 Å². The first-order chi connectivity index (χ1) is 12.5. The third kappa shape index (κ3) is 4.79. The Bertz CT molecular complexity index is 764. The van der Waals surface area contributed by atoms with Crippen LogP contribution < -0.4 is 5.73 Å². The van der Waals surface area contributed by atoms with Crippen molar-refractivity contribution in [3.8, 4) is 0 Å². The third-order valence-electron chi connectivity index (χ3n) is 5.19. The van der Waals surface area contributed by atoms with Crippen molar-refractivity contribution in [2.45, 2.75) is 51.1 Å². The Morgan fingerprint density at radius 2 is 2.11 bits per heavy atom. The molecular formula is C20H31ClN4OS. The number of para-hydroxylation sites is 2. The van der Waals surface area contributed by atoms with Gasteiger partial charge in [-0.2, -0.15) is 11.8 Å². The number of carbonyl (C=O) groups is 1. The molecule has 1 aliphatic rings. The van der Waals surface area contributed by atoms with Crippen molar-refractivity contribution in [1.82, 2.24) is 14.5 Å². The van der Waals surface area contributed by atoms with Gasteiger partial charge in [-0.05, 0) is 57.3 Å². The van der Waals surface area contributed by atoms with E-state index in [2.05, 4.69) is 36.6 Å². The van der Waals surface area contributed by atoms with E-state index in [-0.39, 0.29) is 30.3 Å². The molecule has 0 aliphatic carbocycles. The summed E-state index contributed by atoms with van der Waals surface area (Å²) in [4.78, 5) is 19.6. The highest BCUT2D eigenvalue weighted by Gasteiger charge is 2.30. The van der Waals surface area contributed by atoms with Gasteiger partial charge in [-0.25, -0.2) is 4.98 Å². The normalized spacial score (nSPS) is 18.6. The highest BCUT2D eigenvalue weighted by Crippen LogP contribution is 2.31. The van der Waals surface area contributed by atoms with Crippen LogP contribution >= 0.6 is 24.2 Å². The number of imidazole rings is 1. The molecule has 2 atom stereocenters. The Kier molecular flexibility index (Phi) is 8.01. The third-order valence-corrected chi connectivity index (χ3v) is 5.83. The molecule has 0 spiro atoms. The van der Waals surface area contributed by atoms with E-state index < -0.39 is 0 Å². The molecule has 5 nitrogen and oxygen atoms in total. The van der Waals surface area contributed by atoms with Crippen molar-refractivity contribution < 1.29 is 4.79 Å². The molecule has 3 rings (SSSR count). The summed E-state index contributed by atoms with van der Waals surface area (Å²) in [6, 6.07) is 8.26. The van der Waals surface area contributed by atoms with Gasteiger partial charge >= 0.3 is 0 Å². The van der Waals surface area contributed by atoms with Crippen LogP contribution in [0.15, 0.2) is 24.3 Å². The number of thioether (sulfide) groups is 1. The van der Waals surface area contributed by atoms with E-state index in [0.717, 1.165) is 49.4 Å². The smallest absolute Gasteiger partial charge is 0.239 e. The van der Waals surface area contributed by atoms with Crippen LogP contribution in [0.2, 0.25) is 0 Å². The monoisotopic (exact) mass is 410 g/mol. The Morgan fingerprint density at radius 3 is 2.81 bits per heavy atom. The molecule has 0 bridgehead atoms. The molecule has 1 amide bonds. The first-order valence-electron chi connectivity index (χ1n) is 9.53. The topological polar surface area (TPSA) is 64.2 Å². The number of nitrogens with zero attached hydrogens (tertiary/aromatic N) is 3. The van der Waals surface area contributed by atoms with Crippen LogP contribution in [0.4, 0.5) is 0 Å². The van der Waals surface area contributed by atoms with Crippen molar-refractivity contribution >= 4 is 41.1 Å². The number of carbonyl (C=O) groups excluding carboxylic acids is 1. The zero-order valence-corrected chi connectivity index (χ0v) is 18.1. The minimum absolute atomic E-state index is 0. The maximum atomic E-state index is 12.7. The Morgan fingerprint density at radius 1 is 1.37 bits per heavy atom. The van der Waals surface area contributed by atoms with Gasteiger partial charge in [-0.1, -0.05) is 12.1 Å². The van der Waals surface area contributed by atoms with Gasteiger partial charge in [0, 0.05) is 25.0 Å². The van der Waals surface area contributed by atoms with Gasteiger partial charge < -0.3 is 15.2 Å². The van der Waals surface area contributed by atoms with E-state index in [9.17, 15) is 4.79 Å². The number of halogens is 1. The molecular weight excluding hydrogens is 380 g/mol. The molecule has 0 radical (unpaired) electrons. The quantitative estimate of drug-likeness (QED) is 0.786. The Labute approximate surface area is 172 Å². The molecule has 27 heavy (non-hydrogen) atoms. The van der Waals surface area contributed by atoms with Gasteiger partial charge in [0.05, 0.1) is 17.1 Å². The summed E-state index contributed by atoms with van der Waals surface area (Å²) in [7, 11) is 0. The van der Waals surface area contributed by atoms with Gasteiger partial charge in [0.15, 0.2) is 0 Å². The van der Waals surface area contributed by atoms with E-state index in [1.165, 1.54) is 5.52 Å². The number of hydrogen-bond donors (Lipinski definition) is 1. The molecule has 1 unspecified atom stereocenters. The first kappa shape index (κ1) is 22.1. The maximum absolute atomic E-state index is 12.7. The second kappa shape index (κ2) is 9.80. The van der Waals surface area contributed by atoms with Crippen molar-refractivity contribution in [3.63, 3.8) is 0 Å². The van der Waals surface area contributed by atoms with Crippen LogP contribution in [-0.2, 0) is 4.79 Å². The predicted molar refractivity (Wildman–Crippen MR) is 117 cm³/mol. The van der Waals surface area contributed by atoms with Crippen LogP contribution in [0, 0.1) is 0 Å². The highest BCUT2D eigenvalue weighted by atomic mass is 35.5. The lowest BCUT2D eigenvalue weighted by molar-refractivity contribution is -0.133. The number of fused-ring (bicyclic) bond motifs is 1. The van der Waals surface area contributed by atoms with Crippen LogP contribution in [0.1, 0.15) is 50.9 Å². The van der Waals surface area contributed by atoms with Crippen molar-refractivity contribution in [2.75, 3.05) is 25.1 Å². The molecule has 0 saturated carbocycles. The number of benzene rings is 1. The second-order valence-corrected chi connectivity index (χ2v) is 8.42. The molecule has 1 aromatic carbocycles. The lowest BCUT2D eigenvalue weighted by atomic mass is 9.96. The second-order valence-electron chi connectivity index (χ2n) is 7.43. The number of hydrogen-bond acceptors (Lipinski definition) is 4. The lowest BCUT2D eigenvalue weighted by Crippen LogP contribution is -2.48. The molecule has 1 aromatic heterocycles. The molecule has 2 N–H and O–H groups in total. The molecule has 2 aromatic rings. The van der Waals surface area contributed by atoms with E-state index in [4.69, 9.17) is 10.7 Å². The largest absolute Gasteiger partial charge is 0.341 e. The van der Waals surface area contributed by atoms with E-state index in [1.54, 1.807) is 11.8 Å². The molecule has 1 fully saturated rings. The number of aromatic nitrogens is 2. The summed E-state index contributed by atoms with van der Waals surface area (Å²) in [6.07, 6.45) is 4.86. The summed E-state index contributed by atoms with van der Waals surface area (Å²) in [6.45, 7) is 5.93. The molecule has 1 saturated heterocycles. The number of rotatable bonds is 6. The number of likely N-dealkylation sites (tertiary alicyclic amines) is 1. The fourth-order valence-corrected chi connectivity index (χ4v) is 4.37. The average molecular weight is 411 g/mol. The van der Waals surface area contributed by atoms with Crippen molar-refractivity contribution in [2.24, 2.45) is 5.73 Å². The zero-order chi connectivity index (χ0) is 18.7. The summed E-state index contributed by atoms with van der Waals surface area (Å²) < 4.78 is 2.33. The molecule has 2 heterocycles. The van der Waals surface area contributed by atoms with Crippen molar-refractivity contribution in [1.29, 1.82) is 0 Å². The minimum Gasteiger partial charge on any atom is -0.341 e. The fourth-order valence-electron chi connectivity index (χ4n) is 3.88. The van der Waals surface area contributed by atoms with Crippen LogP contribution in [0.25, 0.3) is 11.0 Å². The average Bonchev–Trinajstić information content (AvgIpc) is 3.05. The minimum atomic E-state index is -0.384. The van der Waals surface area contributed by atoms with Gasteiger partial charge in [0.1, 0.15) is 5.82 Å². The number of nitrogens with two attached hydrogens (primary N) is 1. The SMILES string of the molecule is CSCC[C@H](N)C(=O)N1CCCC(c2nc3ccccc3n2C(C)C)C1.Cl. The van der Waals surface area contributed by atoms with E-state index >= 15 is 0 Å². The Balaban J connectivity index is 0.00000261. The Hall–Kier alpha value is -1.24. The summed E-state index contributed by atoms with van der Waals surface area (Å²) in [5.41, 5.74) is 8.35. The molecule has 150 valence electrons. The summed E-state index contributed by atoms with van der Waals surface area (Å²) in [5.74, 6) is 2.40. The van der Waals surface area contributed by atoms with E-state index in [0.29, 0.717) is 6.04 Å². The van der Waals surface area contributed by atoms with Gasteiger partial charge in [0.25, 0.3) is 0 Å². The molecule has 7 heteroatoms. The van der Waals surface area contributed by atoms with Gasteiger partial charge in [-0.15, -0.1) is 12.4 Å². The first-order valence-corrected chi connectivity index (χ1v) is 10.9. The summed E-state index contributed by atoms with van der Waals surface area (Å²) in [5, 5.41) is 0. The lowest BCUT2D eigenvalue weighted by Gasteiger charge is -2.34. The van der Waals surface area contributed by atoms with Gasteiger partial charge in [-0.3, -0.25) is 4.79 Å².